The van der Waals surface area contributed by atoms with Crippen LogP contribution in [0, 0.1) is 34.5 Å². The van der Waals surface area contributed by atoms with Gasteiger partial charge in [0.1, 0.15) is 18.1 Å². The predicted octanol–water partition coefficient (Wildman–Crippen LogP) is 2.99. The van der Waals surface area contributed by atoms with Gasteiger partial charge in [-0.1, -0.05) is 72.8 Å². The van der Waals surface area contributed by atoms with Crippen LogP contribution in [0.4, 0.5) is 0 Å². The van der Waals surface area contributed by atoms with E-state index < -0.39 is 59.0 Å². The van der Waals surface area contributed by atoms with Crippen LogP contribution in [-0.2, 0) is 24.0 Å². The van der Waals surface area contributed by atoms with Gasteiger partial charge in [0.25, 0.3) is 11.8 Å². The Morgan fingerprint density at radius 1 is 1.04 bits per heavy atom. The van der Waals surface area contributed by atoms with Crippen molar-refractivity contribution < 1.29 is 28.8 Å². The molecule has 0 radical (unpaired) electrons. The summed E-state index contributed by atoms with van der Waals surface area (Å²) in [5.74, 6) is -3.08. The quantitative estimate of drug-likeness (QED) is 0.171. The molecule has 49 heavy (non-hydrogen) atoms. The molecule has 3 saturated carbocycles. The van der Waals surface area contributed by atoms with Crippen molar-refractivity contribution in [1.29, 1.82) is 0 Å². The number of nitrogens with one attached hydrogen (secondary N) is 4. The fraction of sp³-hybridized carbons (Fsp3) is 0.694. The Balaban J connectivity index is 1.36. The fourth-order valence-corrected chi connectivity index (χ4v) is 8.39. The van der Waals surface area contributed by atoms with Crippen LogP contribution < -0.4 is 21.3 Å². The maximum Gasteiger partial charge on any atom is 0.289 e. The highest BCUT2D eigenvalue weighted by Gasteiger charge is 2.70. The number of thiazole rings is 1. The molecular weight excluding hydrogens is 644 g/mol. The Morgan fingerprint density at radius 2 is 1.73 bits per heavy atom. The zero-order chi connectivity index (χ0) is 35.7. The van der Waals surface area contributed by atoms with Gasteiger partial charge in [0.05, 0.1) is 6.04 Å². The summed E-state index contributed by atoms with van der Waals surface area (Å²) in [7, 11) is 0. The average molecular weight is 697 g/mol. The molecule has 0 spiro atoms. The van der Waals surface area contributed by atoms with Gasteiger partial charge < -0.3 is 26.2 Å². The molecule has 4 aliphatic rings. The molecule has 1 aromatic rings. The third kappa shape index (κ3) is 8.24. The van der Waals surface area contributed by atoms with Crippen LogP contribution in [-0.4, -0.2) is 82.5 Å². The molecule has 4 fully saturated rings. The van der Waals surface area contributed by atoms with E-state index in [4.69, 9.17) is 0 Å². The summed E-state index contributed by atoms with van der Waals surface area (Å²) in [4.78, 5) is 87.4. The predicted molar refractivity (Wildman–Crippen MR) is 185 cm³/mol. The topological polar surface area (TPSA) is 167 Å². The highest BCUT2D eigenvalue weighted by Crippen LogP contribution is 2.65. The standard InChI is InChI=1S/C36H52N6O6S/c1-7-15-37-31(46)27(43)23(18-20-13-14-20)39-30(45)26-24-22(36(24,5)6)19-42(26)34(48)28(35(2,3)4)41-29(44)25(21-11-9-8-10-12-21)40-32(47)33-38-16-17-49-33/h7,16-17,20-26,28H,1,8-15,18-19H2,2-6H3,(H,37,46)(H,39,45)(H,40,47)(H,41,44)/t22-,23?,24-,25-,26-,28+/m0/s1. The summed E-state index contributed by atoms with van der Waals surface area (Å²) < 4.78 is 0. The van der Waals surface area contributed by atoms with Gasteiger partial charge in [0, 0.05) is 24.7 Å². The lowest BCUT2D eigenvalue weighted by atomic mass is 9.82. The van der Waals surface area contributed by atoms with Crippen molar-refractivity contribution in [2.75, 3.05) is 13.1 Å². The lowest BCUT2D eigenvalue weighted by molar-refractivity contribution is -0.147. The number of amides is 5. The smallest absolute Gasteiger partial charge is 0.289 e. The lowest BCUT2D eigenvalue weighted by Crippen LogP contribution is -2.62. The number of hydrogen-bond donors (Lipinski definition) is 4. The maximum atomic E-state index is 14.6. The van der Waals surface area contributed by atoms with Crippen molar-refractivity contribution in [1.82, 2.24) is 31.2 Å². The zero-order valence-corrected chi connectivity index (χ0v) is 30.2. The molecule has 0 bridgehead atoms. The van der Waals surface area contributed by atoms with Gasteiger partial charge in [0.15, 0.2) is 5.01 Å². The van der Waals surface area contributed by atoms with E-state index in [1.54, 1.807) is 16.5 Å². The molecule has 4 N–H and O–H groups in total. The molecular formula is C36H52N6O6S. The molecule has 1 aromatic heterocycles. The first-order valence-corrected chi connectivity index (χ1v) is 18.6. The normalized spacial score (nSPS) is 24.8. The summed E-state index contributed by atoms with van der Waals surface area (Å²) in [5, 5.41) is 13.3. The van der Waals surface area contributed by atoms with Gasteiger partial charge in [-0.2, -0.15) is 0 Å². The number of carbonyl (C=O) groups is 6. The van der Waals surface area contributed by atoms with E-state index in [2.05, 4.69) is 46.7 Å². The van der Waals surface area contributed by atoms with E-state index in [0.29, 0.717) is 13.0 Å². The van der Waals surface area contributed by atoms with Gasteiger partial charge in [-0.15, -0.1) is 17.9 Å². The molecule has 0 aromatic carbocycles. The first-order valence-electron chi connectivity index (χ1n) is 17.7. The summed E-state index contributed by atoms with van der Waals surface area (Å²) in [5.41, 5.74) is -0.928. The van der Waals surface area contributed by atoms with Gasteiger partial charge in [-0.3, -0.25) is 28.8 Å². The highest BCUT2D eigenvalue weighted by atomic mass is 32.1. The number of nitrogens with zero attached hydrogens (tertiary/aromatic N) is 2. The molecule has 12 nitrogen and oxygen atoms in total. The molecule has 5 rings (SSSR count). The minimum absolute atomic E-state index is 0.0737. The highest BCUT2D eigenvalue weighted by molar-refractivity contribution is 7.11. The van der Waals surface area contributed by atoms with Crippen LogP contribution in [0.25, 0.3) is 0 Å². The van der Waals surface area contributed by atoms with Crippen molar-refractivity contribution in [3.05, 3.63) is 29.2 Å². The van der Waals surface area contributed by atoms with Crippen molar-refractivity contribution in [3.8, 4) is 0 Å². The maximum absolute atomic E-state index is 14.6. The second-order valence-electron chi connectivity index (χ2n) is 16.0. The molecule has 1 unspecified atom stereocenters. The largest absolute Gasteiger partial charge is 0.346 e. The Labute approximate surface area is 293 Å². The Bertz CT molecular complexity index is 1440. The molecule has 1 aliphatic heterocycles. The summed E-state index contributed by atoms with van der Waals surface area (Å²) in [6.07, 6.45) is 9.77. The second-order valence-corrected chi connectivity index (χ2v) is 16.9. The first kappa shape index (κ1) is 36.7. The van der Waals surface area contributed by atoms with E-state index in [1.165, 1.54) is 17.4 Å². The summed E-state index contributed by atoms with van der Waals surface area (Å²) >= 11 is 1.19. The van der Waals surface area contributed by atoms with Crippen LogP contribution in [0.1, 0.15) is 95.8 Å². The van der Waals surface area contributed by atoms with Gasteiger partial charge in [-0.25, -0.2) is 4.98 Å². The Kier molecular flexibility index (Phi) is 11.0. The Morgan fingerprint density at radius 3 is 2.33 bits per heavy atom. The number of aromatic nitrogens is 1. The molecule has 5 amide bonds. The summed E-state index contributed by atoms with van der Waals surface area (Å²) in [6.45, 7) is 13.8. The van der Waals surface area contributed by atoms with Gasteiger partial charge in [-0.05, 0) is 53.8 Å². The Hall–Kier alpha value is -3.61. The third-order valence-corrected chi connectivity index (χ3v) is 11.8. The fourth-order valence-electron chi connectivity index (χ4n) is 7.85. The number of likely N-dealkylation sites (tertiary alicyclic amines) is 1. The third-order valence-electron chi connectivity index (χ3n) is 11.0. The molecule has 6 atom stereocenters. The SMILES string of the molecule is C=CCNC(=O)C(=O)C(CC1CC1)NC(=O)[C@@H]1[C@@H]2[C@H](CN1C(=O)[C@@H](NC(=O)[C@@H](NC(=O)c1nccs1)C1CCCCC1)C(C)(C)C)C2(C)C. The van der Waals surface area contributed by atoms with E-state index in [-0.39, 0.29) is 46.5 Å². The number of carbonyl (C=O) groups excluding carboxylic acids is 6. The first-order chi connectivity index (χ1) is 23.1. The minimum atomic E-state index is -1.00. The molecule has 13 heteroatoms. The van der Waals surface area contributed by atoms with E-state index in [9.17, 15) is 28.8 Å². The van der Waals surface area contributed by atoms with Gasteiger partial charge in [0.2, 0.25) is 23.5 Å². The number of fused-ring (bicyclic) bond motifs is 1. The number of piperidine rings is 1. The number of rotatable bonds is 14. The number of ketones is 1. The van der Waals surface area contributed by atoms with E-state index >= 15 is 0 Å². The molecule has 3 aliphatic carbocycles. The van der Waals surface area contributed by atoms with E-state index in [1.807, 2.05) is 20.8 Å². The van der Waals surface area contributed by atoms with E-state index in [0.717, 1.165) is 44.9 Å². The van der Waals surface area contributed by atoms with Crippen molar-refractivity contribution >= 4 is 46.7 Å². The van der Waals surface area contributed by atoms with Gasteiger partial charge >= 0.3 is 0 Å². The van der Waals surface area contributed by atoms with Crippen LogP contribution in [0.5, 0.6) is 0 Å². The lowest BCUT2D eigenvalue weighted by Gasteiger charge is -2.39. The molecule has 1 saturated heterocycles. The van der Waals surface area contributed by atoms with Crippen molar-refractivity contribution in [2.24, 2.45) is 34.5 Å². The molecule has 2 heterocycles. The monoisotopic (exact) mass is 696 g/mol. The molecule has 268 valence electrons. The number of hydrogen-bond acceptors (Lipinski definition) is 8. The van der Waals surface area contributed by atoms with Crippen LogP contribution >= 0.6 is 11.3 Å². The zero-order valence-electron chi connectivity index (χ0n) is 29.4. The van der Waals surface area contributed by atoms with Crippen LogP contribution in [0.2, 0.25) is 0 Å². The van der Waals surface area contributed by atoms with Crippen LogP contribution in [0.3, 0.4) is 0 Å². The number of Topliss-reactive ketones (excluding diaryl/α,β-unsaturated/α-hetero) is 1. The van der Waals surface area contributed by atoms with Crippen LogP contribution in [0.15, 0.2) is 24.2 Å². The van der Waals surface area contributed by atoms with Crippen molar-refractivity contribution in [3.63, 3.8) is 0 Å². The van der Waals surface area contributed by atoms with Crippen molar-refractivity contribution in [2.45, 2.75) is 110 Å². The second kappa shape index (κ2) is 14.7. The average Bonchev–Trinajstić information content (AvgIpc) is 3.75. The minimum Gasteiger partial charge on any atom is -0.346 e. The summed E-state index contributed by atoms with van der Waals surface area (Å²) in [6, 6.07) is -3.70.